The van der Waals surface area contributed by atoms with Crippen molar-refractivity contribution in [1.29, 1.82) is 0 Å². The van der Waals surface area contributed by atoms with Gasteiger partial charge in [-0.2, -0.15) is 0 Å². The molecule has 0 saturated carbocycles. The van der Waals surface area contributed by atoms with E-state index in [1.54, 1.807) is 6.07 Å². The van der Waals surface area contributed by atoms with Crippen LogP contribution >= 0.6 is 12.4 Å². The van der Waals surface area contributed by atoms with Crippen molar-refractivity contribution in [2.75, 3.05) is 26.9 Å². The standard InChI is InChI=1S/C14H19N3O5.ClH/c1-21-13-3-2-10(6-12(13)17(19)20)8-16-14(18)7-11-9-22-5-4-15-11;/h2-3,6,11,15H,4-5,7-9H2,1H3,(H,16,18);1H. The van der Waals surface area contributed by atoms with Gasteiger partial charge in [-0.05, 0) is 11.6 Å². The minimum atomic E-state index is -0.507. The molecule has 0 radical (unpaired) electrons. The van der Waals surface area contributed by atoms with Crippen molar-refractivity contribution in [2.45, 2.75) is 19.0 Å². The highest BCUT2D eigenvalue weighted by atomic mass is 35.5. The van der Waals surface area contributed by atoms with E-state index < -0.39 is 4.92 Å². The number of benzene rings is 1. The molecule has 1 aromatic carbocycles. The molecule has 0 aromatic heterocycles. The Hall–Kier alpha value is -1.90. The van der Waals surface area contributed by atoms with Gasteiger partial charge in [-0.1, -0.05) is 6.07 Å². The van der Waals surface area contributed by atoms with Gasteiger partial charge in [0.25, 0.3) is 0 Å². The quantitative estimate of drug-likeness (QED) is 0.589. The summed E-state index contributed by atoms with van der Waals surface area (Å²) in [6.07, 6.45) is 0.318. The minimum absolute atomic E-state index is 0. The van der Waals surface area contributed by atoms with Crippen LogP contribution < -0.4 is 15.4 Å². The lowest BCUT2D eigenvalue weighted by molar-refractivity contribution is -0.385. The topological polar surface area (TPSA) is 103 Å². The molecule has 1 saturated heterocycles. The molecule has 1 atom stereocenters. The number of nitro groups is 1. The highest BCUT2D eigenvalue weighted by Crippen LogP contribution is 2.27. The molecule has 0 spiro atoms. The smallest absolute Gasteiger partial charge is 0.311 e. The van der Waals surface area contributed by atoms with Crippen LogP contribution in [0.4, 0.5) is 5.69 Å². The van der Waals surface area contributed by atoms with Crippen LogP contribution in [0.2, 0.25) is 0 Å². The summed E-state index contributed by atoms with van der Waals surface area (Å²) in [7, 11) is 1.38. The fraction of sp³-hybridized carbons (Fsp3) is 0.500. The van der Waals surface area contributed by atoms with Gasteiger partial charge in [0, 0.05) is 31.6 Å². The second-order valence-corrected chi connectivity index (χ2v) is 4.97. The third-order valence-electron chi connectivity index (χ3n) is 3.36. The summed E-state index contributed by atoms with van der Waals surface area (Å²) >= 11 is 0. The van der Waals surface area contributed by atoms with Crippen LogP contribution in [0.1, 0.15) is 12.0 Å². The lowest BCUT2D eigenvalue weighted by Crippen LogP contribution is -2.44. The fourth-order valence-electron chi connectivity index (χ4n) is 2.24. The Morgan fingerprint density at radius 1 is 1.57 bits per heavy atom. The van der Waals surface area contributed by atoms with Crippen LogP contribution in [0.5, 0.6) is 5.75 Å². The van der Waals surface area contributed by atoms with Gasteiger partial charge < -0.3 is 20.1 Å². The zero-order valence-corrected chi connectivity index (χ0v) is 13.6. The molecule has 0 bridgehead atoms. The van der Waals surface area contributed by atoms with E-state index in [2.05, 4.69) is 10.6 Å². The minimum Gasteiger partial charge on any atom is -0.490 e. The van der Waals surface area contributed by atoms with Crippen LogP contribution in [0, 0.1) is 10.1 Å². The Balaban J connectivity index is 0.00000264. The van der Waals surface area contributed by atoms with E-state index in [-0.39, 0.29) is 42.3 Å². The Bertz CT molecular complexity index is 549. The van der Waals surface area contributed by atoms with Gasteiger partial charge in [-0.15, -0.1) is 12.4 Å². The third-order valence-corrected chi connectivity index (χ3v) is 3.36. The van der Waals surface area contributed by atoms with Crippen molar-refractivity contribution in [3.8, 4) is 5.75 Å². The highest BCUT2D eigenvalue weighted by molar-refractivity contribution is 5.85. The van der Waals surface area contributed by atoms with Crippen molar-refractivity contribution >= 4 is 24.0 Å². The number of halogens is 1. The maximum absolute atomic E-state index is 11.9. The maximum atomic E-state index is 11.9. The second kappa shape index (κ2) is 9.29. The van der Waals surface area contributed by atoms with Crippen LogP contribution in [-0.4, -0.2) is 43.7 Å². The van der Waals surface area contributed by atoms with E-state index in [9.17, 15) is 14.9 Å². The first-order valence-corrected chi connectivity index (χ1v) is 6.99. The molecular weight excluding hydrogens is 326 g/mol. The molecule has 23 heavy (non-hydrogen) atoms. The van der Waals surface area contributed by atoms with Crippen LogP contribution in [0.15, 0.2) is 18.2 Å². The van der Waals surface area contributed by atoms with Crippen molar-refractivity contribution in [2.24, 2.45) is 0 Å². The number of carbonyl (C=O) groups is 1. The molecule has 128 valence electrons. The molecule has 1 aliphatic rings. The van der Waals surface area contributed by atoms with Gasteiger partial charge in [0.05, 0.1) is 25.2 Å². The van der Waals surface area contributed by atoms with Gasteiger partial charge in [0.2, 0.25) is 5.91 Å². The van der Waals surface area contributed by atoms with Crippen LogP contribution in [-0.2, 0) is 16.1 Å². The first-order chi connectivity index (χ1) is 10.6. The van der Waals surface area contributed by atoms with E-state index in [0.717, 1.165) is 6.54 Å². The van der Waals surface area contributed by atoms with Gasteiger partial charge >= 0.3 is 5.69 Å². The predicted molar refractivity (Wildman–Crippen MR) is 86.0 cm³/mol. The monoisotopic (exact) mass is 345 g/mol. The molecule has 1 unspecified atom stereocenters. The van der Waals surface area contributed by atoms with E-state index in [0.29, 0.717) is 25.2 Å². The number of hydrogen-bond acceptors (Lipinski definition) is 6. The largest absolute Gasteiger partial charge is 0.490 e. The maximum Gasteiger partial charge on any atom is 0.311 e. The van der Waals surface area contributed by atoms with Gasteiger partial charge in [0.15, 0.2) is 5.75 Å². The van der Waals surface area contributed by atoms with Crippen LogP contribution in [0.3, 0.4) is 0 Å². The summed E-state index contributed by atoms with van der Waals surface area (Å²) < 4.78 is 10.2. The van der Waals surface area contributed by atoms with Crippen LogP contribution in [0.25, 0.3) is 0 Å². The zero-order chi connectivity index (χ0) is 15.9. The van der Waals surface area contributed by atoms with Crippen molar-refractivity contribution in [3.63, 3.8) is 0 Å². The second-order valence-electron chi connectivity index (χ2n) is 4.97. The normalized spacial score (nSPS) is 17.0. The molecule has 8 nitrogen and oxygen atoms in total. The Kier molecular flexibility index (Phi) is 7.73. The molecule has 1 aromatic rings. The number of nitro benzene ring substituents is 1. The number of ether oxygens (including phenoxy) is 2. The lowest BCUT2D eigenvalue weighted by atomic mass is 10.1. The third kappa shape index (κ3) is 5.66. The molecule has 1 aliphatic heterocycles. The number of amides is 1. The van der Waals surface area contributed by atoms with E-state index in [4.69, 9.17) is 9.47 Å². The van der Waals surface area contributed by atoms with Crippen molar-refractivity contribution in [3.05, 3.63) is 33.9 Å². The lowest BCUT2D eigenvalue weighted by Gasteiger charge is -2.23. The van der Waals surface area contributed by atoms with Crippen molar-refractivity contribution < 1.29 is 19.2 Å². The fourth-order valence-corrected chi connectivity index (χ4v) is 2.24. The highest BCUT2D eigenvalue weighted by Gasteiger charge is 2.18. The Morgan fingerprint density at radius 2 is 2.35 bits per heavy atom. The number of rotatable bonds is 6. The summed E-state index contributed by atoms with van der Waals surface area (Å²) in [6.45, 7) is 2.15. The molecule has 2 N–H and O–H groups in total. The number of methoxy groups -OCH3 is 1. The van der Waals surface area contributed by atoms with Crippen molar-refractivity contribution in [1.82, 2.24) is 10.6 Å². The average Bonchev–Trinajstić information content (AvgIpc) is 2.53. The average molecular weight is 346 g/mol. The van der Waals surface area contributed by atoms with E-state index in [1.165, 1.54) is 19.2 Å². The Morgan fingerprint density at radius 3 is 2.96 bits per heavy atom. The van der Waals surface area contributed by atoms with Gasteiger partial charge in [-0.25, -0.2) is 0 Å². The first kappa shape index (κ1) is 19.1. The van der Waals surface area contributed by atoms with Gasteiger partial charge in [0.1, 0.15) is 0 Å². The van der Waals surface area contributed by atoms with Gasteiger partial charge in [-0.3, -0.25) is 14.9 Å². The molecule has 2 rings (SSSR count). The summed E-state index contributed by atoms with van der Waals surface area (Å²) in [5.74, 6) is 0.0742. The molecule has 1 amide bonds. The Labute approximate surface area is 140 Å². The van der Waals surface area contributed by atoms with E-state index >= 15 is 0 Å². The molecular formula is C14H20ClN3O5. The number of morpholine rings is 1. The number of hydrogen-bond donors (Lipinski definition) is 2. The summed E-state index contributed by atoms with van der Waals surface area (Å²) in [4.78, 5) is 22.3. The summed E-state index contributed by atoms with van der Waals surface area (Å²) in [6, 6.07) is 4.63. The predicted octanol–water partition coefficient (Wildman–Crippen LogP) is 1.02. The summed E-state index contributed by atoms with van der Waals surface area (Å²) in [5, 5.41) is 16.9. The zero-order valence-electron chi connectivity index (χ0n) is 12.7. The SMILES string of the molecule is COc1ccc(CNC(=O)CC2COCCN2)cc1[N+](=O)[O-].Cl. The molecule has 0 aliphatic carbocycles. The summed E-state index contributed by atoms with van der Waals surface area (Å²) in [5.41, 5.74) is 0.533. The molecule has 1 heterocycles. The molecule has 1 fully saturated rings. The molecule has 9 heteroatoms. The number of nitrogens with zero attached hydrogens (tertiary/aromatic N) is 1. The number of carbonyl (C=O) groups excluding carboxylic acids is 1. The van der Waals surface area contributed by atoms with E-state index in [1.807, 2.05) is 0 Å². The first-order valence-electron chi connectivity index (χ1n) is 6.99. The number of nitrogens with one attached hydrogen (secondary N) is 2.